The number of halogens is 6. The number of benzene rings is 1. The van der Waals surface area contributed by atoms with Crippen molar-refractivity contribution in [1.29, 1.82) is 0 Å². The van der Waals surface area contributed by atoms with Gasteiger partial charge in [-0.1, -0.05) is 18.2 Å². The largest absolute Gasteiger partial charge is 0.417 e. The zero-order chi connectivity index (χ0) is 22.7. The van der Waals surface area contributed by atoms with Crippen LogP contribution in [-0.2, 0) is 5.54 Å². The number of hydrogen-bond donors (Lipinski definition) is 3. The second-order valence-electron chi connectivity index (χ2n) is 6.33. The molecule has 30 heavy (non-hydrogen) atoms. The first kappa shape index (κ1) is 24.1. The van der Waals surface area contributed by atoms with Gasteiger partial charge in [0.15, 0.2) is 17.4 Å². The van der Waals surface area contributed by atoms with E-state index in [2.05, 4.69) is 31.5 Å². The fourth-order valence-corrected chi connectivity index (χ4v) is 3.17. The van der Waals surface area contributed by atoms with Gasteiger partial charge in [0.25, 0.3) is 5.91 Å². The number of thiocarbonyl (C=S) groups is 1. The van der Waals surface area contributed by atoms with Crippen LogP contribution in [0.5, 0.6) is 0 Å². The number of amides is 1. The highest BCUT2D eigenvalue weighted by atomic mass is 79.9. The van der Waals surface area contributed by atoms with Gasteiger partial charge < -0.3 is 10.4 Å². The Kier molecular flexibility index (Phi) is 7.48. The van der Waals surface area contributed by atoms with Gasteiger partial charge in [0.2, 0.25) is 0 Å². The molecule has 162 valence electrons. The normalized spacial score (nSPS) is 15.6. The van der Waals surface area contributed by atoms with Crippen molar-refractivity contribution in [2.75, 3.05) is 0 Å². The van der Waals surface area contributed by atoms with Crippen LogP contribution in [0, 0.1) is 5.82 Å². The third kappa shape index (κ3) is 5.49. The Morgan fingerprint density at radius 2 is 1.80 bits per heavy atom. The van der Waals surface area contributed by atoms with E-state index >= 15 is 0 Å². The van der Waals surface area contributed by atoms with Crippen molar-refractivity contribution < 1.29 is 31.9 Å². The summed E-state index contributed by atoms with van der Waals surface area (Å²) in [5.74, 6) is -1.88. The summed E-state index contributed by atoms with van der Waals surface area (Å²) in [7, 11) is 0. The quantitative estimate of drug-likeness (QED) is 0.323. The average molecular weight is 512 g/mol. The molecule has 0 aliphatic rings. The van der Waals surface area contributed by atoms with Gasteiger partial charge >= 0.3 is 6.18 Å². The van der Waals surface area contributed by atoms with Gasteiger partial charge in [-0.3, -0.25) is 10.1 Å². The van der Waals surface area contributed by atoms with E-state index in [1.165, 1.54) is 12.1 Å². The molecule has 0 saturated heterocycles. The summed E-state index contributed by atoms with van der Waals surface area (Å²) in [6.07, 6.45) is -12.0. The molecule has 1 aromatic carbocycles. The zero-order valence-electron chi connectivity index (χ0n) is 15.2. The maximum absolute atomic E-state index is 14.9. The highest BCUT2D eigenvalue weighted by molar-refractivity contribution is 9.10. The van der Waals surface area contributed by atoms with Crippen LogP contribution in [0.4, 0.5) is 22.0 Å². The Morgan fingerprint density at radius 3 is 2.37 bits per heavy atom. The Morgan fingerprint density at radius 1 is 1.20 bits per heavy atom. The highest BCUT2D eigenvalue weighted by Crippen LogP contribution is 2.36. The standard InChI is InChI=1S/C18H15BrF5N3O2S/c1-17(12(21)14(28)18(22,23)24,13-10(20)7-8-11(19)25-13)27-16(30)26-15(29)9-5-3-2-4-6-9/h2-8,12,14,28H,1H3,(H2,26,27,29,30)/t12-,14+,17-/m0/s1. The Bertz CT molecular complexity index is 932. The Hall–Kier alpha value is -2.18. The van der Waals surface area contributed by atoms with Crippen LogP contribution in [0.3, 0.4) is 0 Å². The maximum Gasteiger partial charge on any atom is 0.417 e. The minimum atomic E-state index is -5.35. The number of carbonyl (C=O) groups is 1. The average Bonchev–Trinajstić information content (AvgIpc) is 2.68. The lowest BCUT2D eigenvalue weighted by molar-refractivity contribution is -0.228. The molecule has 0 aliphatic heterocycles. The molecule has 0 spiro atoms. The number of nitrogens with one attached hydrogen (secondary N) is 2. The van der Waals surface area contributed by atoms with Crippen LogP contribution in [0.2, 0.25) is 0 Å². The number of aliphatic hydroxyl groups excluding tert-OH is 1. The van der Waals surface area contributed by atoms with Crippen molar-refractivity contribution >= 4 is 39.2 Å². The number of carbonyl (C=O) groups excluding carboxylic acids is 1. The molecular formula is C18H15BrF5N3O2S. The fraction of sp³-hybridized carbons (Fsp3) is 0.278. The van der Waals surface area contributed by atoms with Crippen LogP contribution in [-0.4, -0.2) is 39.6 Å². The summed E-state index contributed by atoms with van der Waals surface area (Å²) < 4.78 is 68.2. The lowest BCUT2D eigenvalue weighted by Gasteiger charge is -2.37. The molecular weight excluding hydrogens is 497 g/mol. The molecule has 0 bridgehead atoms. The predicted molar refractivity (Wildman–Crippen MR) is 106 cm³/mol. The number of alkyl halides is 4. The molecule has 0 saturated carbocycles. The molecule has 0 aliphatic carbocycles. The van der Waals surface area contributed by atoms with Crippen molar-refractivity contribution in [3.63, 3.8) is 0 Å². The maximum atomic E-state index is 14.9. The summed E-state index contributed by atoms with van der Waals surface area (Å²) in [5.41, 5.74) is -3.21. The SMILES string of the molecule is C[C@@](NC(=S)NC(=O)c1ccccc1)(c1nc(Br)ccc1F)[C@@H](F)[C@@H](O)C(F)(F)F. The van der Waals surface area contributed by atoms with Gasteiger partial charge in [0.1, 0.15) is 21.7 Å². The van der Waals surface area contributed by atoms with Crippen molar-refractivity contribution in [2.45, 2.75) is 30.9 Å². The molecule has 2 aromatic rings. The van der Waals surface area contributed by atoms with Crippen molar-refractivity contribution in [1.82, 2.24) is 15.6 Å². The summed E-state index contributed by atoms with van der Waals surface area (Å²) in [5, 5.41) is 13.2. The van der Waals surface area contributed by atoms with E-state index in [1.807, 2.05) is 0 Å². The van der Waals surface area contributed by atoms with E-state index in [1.54, 1.807) is 18.2 Å². The number of aliphatic hydroxyl groups is 1. The van der Waals surface area contributed by atoms with E-state index in [0.29, 0.717) is 0 Å². The van der Waals surface area contributed by atoms with Gasteiger partial charge in [-0.25, -0.2) is 13.8 Å². The fourth-order valence-electron chi connectivity index (χ4n) is 2.55. The van der Waals surface area contributed by atoms with E-state index in [9.17, 15) is 31.9 Å². The summed E-state index contributed by atoms with van der Waals surface area (Å²) in [6.45, 7) is 0.839. The Balaban J connectivity index is 2.39. The molecule has 3 N–H and O–H groups in total. The zero-order valence-corrected chi connectivity index (χ0v) is 17.6. The second-order valence-corrected chi connectivity index (χ2v) is 7.55. The minimum Gasteiger partial charge on any atom is -0.381 e. The smallest absolute Gasteiger partial charge is 0.381 e. The number of hydrogen-bond acceptors (Lipinski definition) is 4. The number of aromatic nitrogens is 1. The van der Waals surface area contributed by atoms with Crippen LogP contribution >= 0.6 is 28.1 Å². The second kappa shape index (κ2) is 9.31. The molecule has 1 heterocycles. The highest BCUT2D eigenvalue weighted by Gasteiger charge is 2.54. The molecule has 3 atom stereocenters. The molecule has 0 radical (unpaired) electrons. The van der Waals surface area contributed by atoms with Gasteiger partial charge in [-0.05, 0) is 59.3 Å². The molecule has 2 rings (SSSR count). The molecule has 0 fully saturated rings. The van der Waals surface area contributed by atoms with Crippen LogP contribution in [0.15, 0.2) is 47.1 Å². The van der Waals surface area contributed by atoms with Gasteiger partial charge in [-0.2, -0.15) is 13.2 Å². The minimum absolute atomic E-state index is 0.000127. The van der Waals surface area contributed by atoms with E-state index in [4.69, 9.17) is 12.2 Å². The Labute approximate surface area is 181 Å². The first-order valence-electron chi connectivity index (χ1n) is 8.26. The van der Waals surface area contributed by atoms with Gasteiger partial charge in [0.05, 0.1) is 0 Å². The van der Waals surface area contributed by atoms with Crippen molar-refractivity contribution in [3.05, 3.63) is 64.1 Å². The molecule has 1 aromatic heterocycles. The van der Waals surface area contributed by atoms with Crippen LogP contribution < -0.4 is 10.6 Å². The monoisotopic (exact) mass is 511 g/mol. The molecule has 5 nitrogen and oxygen atoms in total. The van der Waals surface area contributed by atoms with Crippen LogP contribution in [0.25, 0.3) is 0 Å². The molecule has 12 heteroatoms. The summed E-state index contributed by atoms with van der Waals surface area (Å²) in [4.78, 5) is 15.9. The van der Waals surface area contributed by atoms with Crippen LogP contribution in [0.1, 0.15) is 23.0 Å². The molecule has 1 amide bonds. The molecule has 0 unspecified atom stereocenters. The van der Waals surface area contributed by atoms with E-state index < -0.39 is 46.5 Å². The lowest BCUT2D eigenvalue weighted by Crippen LogP contribution is -2.60. The number of pyridine rings is 1. The first-order chi connectivity index (χ1) is 13.9. The first-order valence-corrected chi connectivity index (χ1v) is 9.46. The third-order valence-corrected chi connectivity index (χ3v) is 4.75. The number of rotatable bonds is 5. The number of nitrogens with zero attached hydrogens (tertiary/aromatic N) is 1. The van der Waals surface area contributed by atoms with Crippen molar-refractivity contribution in [2.24, 2.45) is 0 Å². The third-order valence-electron chi connectivity index (χ3n) is 4.10. The summed E-state index contributed by atoms with van der Waals surface area (Å²) >= 11 is 7.86. The summed E-state index contributed by atoms with van der Waals surface area (Å²) in [6, 6.07) is 9.67. The van der Waals surface area contributed by atoms with Gasteiger partial charge in [0, 0.05) is 5.56 Å². The van der Waals surface area contributed by atoms with E-state index in [-0.39, 0.29) is 10.2 Å². The predicted octanol–water partition coefficient (Wildman–Crippen LogP) is 3.76. The lowest BCUT2D eigenvalue weighted by atomic mass is 9.87. The van der Waals surface area contributed by atoms with Crippen molar-refractivity contribution in [3.8, 4) is 0 Å². The topological polar surface area (TPSA) is 74.2 Å². The van der Waals surface area contributed by atoms with E-state index in [0.717, 1.165) is 19.1 Å². The van der Waals surface area contributed by atoms with Gasteiger partial charge in [-0.15, -0.1) is 0 Å².